The van der Waals surface area contributed by atoms with Gasteiger partial charge in [0.15, 0.2) is 4.84 Å². The van der Waals surface area contributed by atoms with Crippen LogP contribution in [0.2, 0.25) is 0 Å². The van der Waals surface area contributed by atoms with Crippen LogP contribution in [0.3, 0.4) is 0 Å². The fourth-order valence-electron chi connectivity index (χ4n) is 2.73. The van der Waals surface area contributed by atoms with Crippen molar-refractivity contribution in [1.29, 1.82) is 0 Å². The van der Waals surface area contributed by atoms with Gasteiger partial charge in [0.2, 0.25) is 5.72 Å². The molecule has 0 saturated carbocycles. The first kappa shape index (κ1) is 15.9. The molecule has 0 aliphatic carbocycles. The Labute approximate surface area is 148 Å². The molecule has 2 aromatic carbocycles. The van der Waals surface area contributed by atoms with E-state index in [1.165, 1.54) is 0 Å². The molecule has 0 N–H and O–H groups in total. The largest absolute Gasteiger partial charge is 0.351 e. The van der Waals surface area contributed by atoms with Crippen LogP contribution in [0.5, 0.6) is 0 Å². The second-order valence-electron chi connectivity index (χ2n) is 4.92. The molecule has 2 nitrogen and oxygen atoms in total. The maximum atomic E-state index is 6.35. The van der Waals surface area contributed by atoms with E-state index < -0.39 is 10.6 Å². The molecule has 0 spiro atoms. The highest BCUT2D eigenvalue weighted by Gasteiger charge is 2.49. The van der Waals surface area contributed by atoms with Crippen molar-refractivity contribution in [3.05, 3.63) is 64.6 Å². The van der Waals surface area contributed by atoms with Gasteiger partial charge in [0.1, 0.15) is 0 Å². The first-order valence-corrected chi connectivity index (χ1v) is 8.43. The number of para-hydroxylation sites is 2. The van der Waals surface area contributed by atoms with Crippen LogP contribution in [0, 0.1) is 0 Å². The molecule has 22 heavy (non-hydrogen) atoms. The Bertz CT molecular complexity index is 705. The van der Waals surface area contributed by atoms with Gasteiger partial charge in [-0.2, -0.15) is 0 Å². The normalized spacial score (nSPS) is 20.8. The Hall–Kier alpha value is -1.00. The van der Waals surface area contributed by atoms with Crippen LogP contribution in [-0.4, -0.2) is 17.7 Å². The van der Waals surface area contributed by atoms with E-state index in [-0.39, 0.29) is 0 Å². The third-order valence-electron chi connectivity index (χ3n) is 3.76. The van der Waals surface area contributed by atoms with Gasteiger partial charge >= 0.3 is 0 Å². The van der Waals surface area contributed by atoms with Crippen molar-refractivity contribution in [2.75, 3.05) is 12.0 Å². The fraction of sp³-hybridized carbons (Fsp3) is 0.176. The Kier molecular flexibility index (Phi) is 4.51. The lowest BCUT2D eigenvalue weighted by atomic mass is 9.99. The van der Waals surface area contributed by atoms with E-state index in [2.05, 4.69) is 15.9 Å². The van der Waals surface area contributed by atoms with E-state index >= 15 is 0 Å². The zero-order chi connectivity index (χ0) is 15.7. The van der Waals surface area contributed by atoms with Gasteiger partial charge in [-0.3, -0.25) is 0 Å². The number of anilines is 2. The van der Waals surface area contributed by atoms with Crippen molar-refractivity contribution in [1.82, 2.24) is 0 Å². The minimum absolute atomic E-state index is 0.778. The summed E-state index contributed by atoms with van der Waals surface area (Å²) in [6, 6.07) is 18.0. The summed E-state index contributed by atoms with van der Waals surface area (Å²) in [5.74, 6) is 0. The van der Waals surface area contributed by atoms with E-state index in [0.717, 1.165) is 21.4 Å². The van der Waals surface area contributed by atoms with Gasteiger partial charge in [0.05, 0.1) is 10.2 Å². The van der Waals surface area contributed by atoms with Gasteiger partial charge in [-0.1, -0.05) is 75.5 Å². The number of fused-ring (bicyclic) bond motifs is 1. The first-order valence-electron chi connectivity index (χ1n) is 6.76. The minimum atomic E-state index is -1.02. The standard InChI is InChI=1S/C17H14BrCl2NO/c1-22-17(16(19)20)15(18)11-12-7-5-6-10-14(12)21(17)13-8-3-2-4-9-13/h2-11,16H,1H3. The molecule has 0 bridgehead atoms. The number of hydrogen-bond donors (Lipinski definition) is 0. The van der Waals surface area contributed by atoms with Gasteiger partial charge in [-0.25, -0.2) is 0 Å². The second kappa shape index (κ2) is 6.25. The van der Waals surface area contributed by atoms with Crippen LogP contribution in [0.25, 0.3) is 6.08 Å². The molecule has 1 aliphatic rings. The summed E-state index contributed by atoms with van der Waals surface area (Å²) < 4.78 is 6.60. The van der Waals surface area contributed by atoms with Gasteiger partial charge in [-0.05, 0) is 29.8 Å². The summed E-state index contributed by atoms with van der Waals surface area (Å²) in [5.41, 5.74) is 2.00. The molecule has 1 unspecified atom stereocenters. The SMILES string of the molecule is COC1(C(Cl)Cl)C(Br)=Cc2ccccc2N1c1ccccc1. The molecular weight excluding hydrogens is 385 g/mol. The quantitative estimate of drug-likeness (QED) is 0.613. The molecular formula is C17H14BrCl2NO. The molecule has 0 fully saturated rings. The molecule has 1 atom stereocenters. The third-order valence-corrected chi connectivity index (χ3v) is 5.14. The van der Waals surface area contributed by atoms with E-state index in [9.17, 15) is 0 Å². The molecule has 0 amide bonds. The van der Waals surface area contributed by atoms with Crippen LogP contribution in [0.1, 0.15) is 5.56 Å². The molecule has 0 saturated heterocycles. The van der Waals surface area contributed by atoms with Crippen LogP contribution in [0.15, 0.2) is 59.1 Å². The predicted molar refractivity (Wildman–Crippen MR) is 97.2 cm³/mol. The molecule has 1 aliphatic heterocycles. The lowest BCUT2D eigenvalue weighted by molar-refractivity contribution is 0.0468. The van der Waals surface area contributed by atoms with E-state index in [4.69, 9.17) is 27.9 Å². The number of nitrogens with zero attached hydrogens (tertiary/aromatic N) is 1. The number of hydrogen-bond acceptors (Lipinski definition) is 2. The molecule has 114 valence electrons. The third kappa shape index (κ3) is 2.37. The lowest BCUT2D eigenvalue weighted by Crippen LogP contribution is -2.54. The Morgan fingerprint density at radius 3 is 2.32 bits per heavy atom. The second-order valence-corrected chi connectivity index (χ2v) is 6.87. The van der Waals surface area contributed by atoms with Crippen molar-refractivity contribution < 1.29 is 4.74 Å². The number of alkyl halides is 2. The fourth-order valence-corrected chi connectivity index (χ4v) is 4.41. The maximum absolute atomic E-state index is 6.35. The Morgan fingerprint density at radius 2 is 1.68 bits per heavy atom. The summed E-state index contributed by atoms with van der Waals surface area (Å²) in [6.07, 6.45) is 2.00. The summed E-state index contributed by atoms with van der Waals surface area (Å²) in [5, 5.41) is 0. The number of ether oxygens (including phenoxy) is 1. The molecule has 3 rings (SSSR count). The van der Waals surface area contributed by atoms with Gasteiger partial charge in [0.25, 0.3) is 0 Å². The minimum Gasteiger partial charge on any atom is -0.351 e. The summed E-state index contributed by atoms with van der Waals surface area (Å²) >= 11 is 16.3. The number of methoxy groups -OCH3 is 1. The van der Waals surface area contributed by atoms with Gasteiger partial charge < -0.3 is 9.64 Å². The maximum Gasteiger partial charge on any atom is 0.208 e. The van der Waals surface area contributed by atoms with E-state index in [1.807, 2.05) is 65.6 Å². The van der Waals surface area contributed by atoms with E-state index in [0.29, 0.717) is 0 Å². The van der Waals surface area contributed by atoms with Crippen molar-refractivity contribution >= 4 is 56.6 Å². The molecule has 0 aromatic heterocycles. The Balaban J connectivity index is 2.30. The monoisotopic (exact) mass is 397 g/mol. The lowest BCUT2D eigenvalue weighted by Gasteiger charge is -2.47. The van der Waals surface area contributed by atoms with Crippen molar-refractivity contribution in [2.24, 2.45) is 0 Å². The highest BCUT2D eigenvalue weighted by molar-refractivity contribution is 9.12. The Morgan fingerprint density at radius 1 is 1.05 bits per heavy atom. The van der Waals surface area contributed by atoms with E-state index in [1.54, 1.807) is 7.11 Å². The number of benzene rings is 2. The summed E-state index contributed by atoms with van der Waals surface area (Å²) in [7, 11) is 1.61. The topological polar surface area (TPSA) is 12.5 Å². The zero-order valence-corrected chi connectivity index (χ0v) is 14.9. The average molecular weight is 399 g/mol. The first-order chi connectivity index (χ1) is 10.6. The molecule has 0 radical (unpaired) electrons. The number of rotatable bonds is 3. The summed E-state index contributed by atoms with van der Waals surface area (Å²) in [6.45, 7) is 0. The van der Waals surface area contributed by atoms with Crippen molar-refractivity contribution in [2.45, 2.75) is 10.6 Å². The van der Waals surface area contributed by atoms with Crippen LogP contribution >= 0.6 is 39.1 Å². The smallest absolute Gasteiger partial charge is 0.208 e. The number of halogens is 3. The van der Waals surface area contributed by atoms with Crippen LogP contribution in [0.4, 0.5) is 11.4 Å². The van der Waals surface area contributed by atoms with Gasteiger partial charge in [0, 0.05) is 12.8 Å². The van der Waals surface area contributed by atoms with Gasteiger partial charge in [-0.15, -0.1) is 0 Å². The highest BCUT2D eigenvalue weighted by atomic mass is 79.9. The molecule has 1 heterocycles. The van der Waals surface area contributed by atoms with Crippen molar-refractivity contribution in [3.8, 4) is 0 Å². The molecule has 2 aromatic rings. The van der Waals surface area contributed by atoms with Crippen molar-refractivity contribution in [3.63, 3.8) is 0 Å². The van der Waals surface area contributed by atoms with Crippen LogP contribution in [-0.2, 0) is 4.74 Å². The molecule has 5 heteroatoms. The summed E-state index contributed by atoms with van der Waals surface area (Å²) in [4.78, 5) is 1.23. The average Bonchev–Trinajstić information content (AvgIpc) is 2.54. The predicted octanol–water partition coefficient (Wildman–Crippen LogP) is 5.72. The highest BCUT2D eigenvalue weighted by Crippen LogP contribution is 2.50. The zero-order valence-electron chi connectivity index (χ0n) is 11.8. The van der Waals surface area contributed by atoms with Crippen LogP contribution < -0.4 is 4.90 Å².